The molecule has 0 unspecified atom stereocenters. The first-order valence-corrected chi connectivity index (χ1v) is 11.3. The predicted octanol–water partition coefficient (Wildman–Crippen LogP) is 4.99. The number of hydrazone groups is 1. The van der Waals surface area contributed by atoms with Crippen LogP contribution in [0.2, 0.25) is 10.0 Å². The van der Waals surface area contributed by atoms with Crippen LogP contribution in [0.1, 0.15) is 36.8 Å². The third-order valence-electron chi connectivity index (χ3n) is 4.72. The van der Waals surface area contributed by atoms with Gasteiger partial charge in [-0.3, -0.25) is 9.78 Å². The van der Waals surface area contributed by atoms with E-state index in [9.17, 15) is 14.4 Å². The number of carbonyl (C=O) groups is 3. The summed E-state index contributed by atoms with van der Waals surface area (Å²) >= 11 is 11.8. The molecule has 0 radical (unpaired) electrons. The molecule has 0 bridgehead atoms. The van der Waals surface area contributed by atoms with Crippen LogP contribution in [0.25, 0.3) is 0 Å². The summed E-state index contributed by atoms with van der Waals surface area (Å²) in [7, 11) is 0. The van der Waals surface area contributed by atoms with Crippen LogP contribution in [0.5, 0.6) is 11.5 Å². The summed E-state index contributed by atoms with van der Waals surface area (Å²) in [5.41, 5.74) is 3.22. The third kappa shape index (κ3) is 6.97. The molecule has 0 spiro atoms. The van der Waals surface area contributed by atoms with Crippen molar-refractivity contribution in [1.29, 1.82) is 0 Å². The highest BCUT2D eigenvalue weighted by Gasteiger charge is 2.15. The molecule has 184 valence electrons. The monoisotopic (exact) mass is 534 g/mol. The second-order valence-electron chi connectivity index (χ2n) is 7.28. The lowest BCUT2D eigenvalue weighted by Crippen LogP contribution is -2.19. The number of hydrogen-bond donors (Lipinski definition) is 1. The Bertz CT molecular complexity index is 1460. The van der Waals surface area contributed by atoms with E-state index in [4.69, 9.17) is 32.7 Å². The second-order valence-corrected chi connectivity index (χ2v) is 8.16. The van der Waals surface area contributed by atoms with E-state index in [2.05, 4.69) is 20.5 Å². The zero-order valence-corrected chi connectivity index (χ0v) is 20.3. The largest absolute Gasteiger partial charge is 0.423 e. The SMILES string of the molecule is O=C(Oc1ccc(/C=N/NC(=O)c2cnccn2)c(OC(=O)c2ccc(Cl)cc2)c1)c1ccc(Cl)cc1. The summed E-state index contributed by atoms with van der Waals surface area (Å²) in [4.78, 5) is 45.1. The number of nitrogens with zero attached hydrogens (tertiary/aromatic N) is 3. The molecule has 0 atom stereocenters. The number of halogens is 2. The fraction of sp³-hybridized carbons (Fsp3) is 0. The summed E-state index contributed by atoms with van der Waals surface area (Å²) in [5.74, 6) is -1.77. The van der Waals surface area contributed by atoms with Crippen molar-refractivity contribution in [2.75, 3.05) is 0 Å². The molecule has 0 aliphatic rings. The van der Waals surface area contributed by atoms with E-state index in [0.29, 0.717) is 15.6 Å². The van der Waals surface area contributed by atoms with Gasteiger partial charge in [0.25, 0.3) is 5.91 Å². The Morgan fingerprint density at radius 2 is 1.43 bits per heavy atom. The average molecular weight is 535 g/mol. The van der Waals surface area contributed by atoms with E-state index >= 15 is 0 Å². The van der Waals surface area contributed by atoms with Gasteiger partial charge in [-0.2, -0.15) is 5.10 Å². The summed E-state index contributed by atoms with van der Waals surface area (Å²) in [6.07, 6.45) is 5.36. The molecule has 0 fully saturated rings. The second kappa shape index (κ2) is 11.9. The van der Waals surface area contributed by atoms with Crippen molar-refractivity contribution in [1.82, 2.24) is 15.4 Å². The molecule has 37 heavy (non-hydrogen) atoms. The topological polar surface area (TPSA) is 120 Å². The van der Waals surface area contributed by atoms with Crippen LogP contribution >= 0.6 is 23.2 Å². The molecule has 1 amide bonds. The van der Waals surface area contributed by atoms with E-state index in [0.717, 1.165) is 0 Å². The molecule has 1 N–H and O–H groups in total. The minimum atomic E-state index is -0.684. The normalized spacial score (nSPS) is 10.6. The maximum absolute atomic E-state index is 12.7. The zero-order chi connectivity index (χ0) is 26.2. The molecule has 11 heteroatoms. The Labute approximate surface area is 220 Å². The van der Waals surface area contributed by atoms with Crippen molar-refractivity contribution < 1.29 is 23.9 Å². The Morgan fingerprint density at radius 1 is 0.811 bits per heavy atom. The molecule has 3 aromatic carbocycles. The molecule has 9 nitrogen and oxygen atoms in total. The third-order valence-corrected chi connectivity index (χ3v) is 5.23. The van der Waals surface area contributed by atoms with Gasteiger partial charge < -0.3 is 9.47 Å². The van der Waals surface area contributed by atoms with E-state index in [1.807, 2.05) is 0 Å². The summed E-state index contributed by atoms with van der Waals surface area (Å²) < 4.78 is 11.0. The van der Waals surface area contributed by atoms with Crippen LogP contribution in [0.4, 0.5) is 0 Å². The fourth-order valence-electron chi connectivity index (χ4n) is 2.90. The lowest BCUT2D eigenvalue weighted by molar-refractivity contribution is 0.0732. The van der Waals surface area contributed by atoms with Gasteiger partial charge >= 0.3 is 11.9 Å². The fourth-order valence-corrected chi connectivity index (χ4v) is 3.16. The van der Waals surface area contributed by atoms with Crippen LogP contribution in [0.15, 0.2) is 90.4 Å². The lowest BCUT2D eigenvalue weighted by atomic mass is 10.2. The first kappa shape index (κ1) is 25.5. The van der Waals surface area contributed by atoms with Gasteiger partial charge in [0.1, 0.15) is 17.2 Å². The van der Waals surface area contributed by atoms with Crippen molar-refractivity contribution >= 4 is 47.3 Å². The minimum absolute atomic E-state index is 0.0267. The maximum Gasteiger partial charge on any atom is 0.343 e. The highest BCUT2D eigenvalue weighted by atomic mass is 35.5. The van der Waals surface area contributed by atoms with Gasteiger partial charge in [-0.25, -0.2) is 20.0 Å². The van der Waals surface area contributed by atoms with E-state index in [1.54, 1.807) is 24.3 Å². The van der Waals surface area contributed by atoms with Gasteiger partial charge in [-0.05, 0) is 60.7 Å². The van der Waals surface area contributed by atoms with Crippen LogP contribution in [0.3, 0.4) is 0 Å². The first-order chi connectivity index (χ1) is 17.9. The standard InChI is InChI=1S/C26H16Cl2N4O5/c27-19-6-1-16(2-7-19)25(34)36-21-10-5-18(14-31-32-24(33)22-15-29-11-12-30-22)23(13-21)37-26(35)17-3-8-20(28)9-4-17/h1-15H,(H,32,33)/b31-14+. The van der Waals surface area contributed by atoms with Gasteiger partial charge in [0, 0.05) is 34.1 Å². The number of hydrogen-bond acceptors (Lipinski definition) is 8. The number of esters is 2. The maximum atomic E-state index is 12.7. The van der Waals surface area contributed by atoms with Crippen molar-refractivity contribution in [2.24, 2.45) is 5.10 Å². The molecule has 4 rings (SSSR count). The van der Waals surface area contributed by atoms with Crippen LogP contribution < -0.4 is 14.9 Å². The Morgan fingerprint density at radius 3 is 2.03 bits per heavy atom. The van der Waals surface area contributed by atoms with E-state index < -0.39 is 17.8 Å². The van der Waals surface area contributed by atoms with E-state index in [1.165, 1.54) is 67.3 Å². The minimum Gasteiger partial charge on any atom is -0.423 e. The molecule has 0 saturated carbocycles. The average Bonchev–Trinajstić information content (AvgIpc) is 2.91. The van der Waals surface area contributed by atoms with Gasteiger partial charge in [-0.1, -0.05) is 23.2 Å². The smallest absolute Gasteiger partial charge is 0.343 e. The zero-order valence-electron chi connectivity index (χ0n) is 18.8. The summed E-state index contributed by atoms with van der Waals surface area (Å²) in [6.45, 7) is 0. The van der Waals surface area contributed by atoms with Crippen LogP contribution in [-0.4, -0.2) is 34.0 Å². The highest BCUT2D eigenvalue weighted by Crippen LogP contribution is 2.26. The van der Waals surface area contributed by atoms with Crippen molar-refractivity contribution in [3.05, 3.63) is 118 Å². The summed E-state index contributed by atoms with van der Waals surface area (Å²) in [5, 5.41) is 4.83. The molecule has 0 aliphatic heterocycles. The molecule has 4 aromatic rings. The number of nitrogens with one attached hydrogen (secondary N) is 1. The lowest BCUT2D eigenvalue weighted by Gasteiger charge is -2.11. The Balaban J connectivity index is 1.56. The molecule has 0 aliphatic carbocycles. The Hall–Kier alpha value is -4.60. The van der Waals surface area contributed by atoms with Gasteiger partial charge in [0.15, 0.2) is 0 Å². The first-order valence-electron chi connectivity index (χ1n) is 10.6. The number of ether oxygens (including phenoxy) is 2. The van der Waals surface area contributed by atoms with Crippen LogP contribution in [-0.2, 0) is 0 Å². The molecule has 1 aromatic heterocycles. The van der Waals surface area contributed by atoms with Gasteiger partial charge in [0.05, 0.1) is 23.5 Å². The van der Waals surface area contributed by atoms with Gasteiger partial charge in [-0.15, -0.1) is 0 Å². The number of benzene rings is 3. The number of rotatable bonds is 7. The van der Waals surface area contributed by atoms with E-state index in [-0.39, 0.29) is 28.3 Å². The van der Waals surface area contributed by atoms with Gasteiger partial charge in [0.2, 0.25) is 0 Å². The molecular weight excluding hydrogens is 519 g/mol. The van der Waals surface area contributed by atoms with Crippen molar-refractivity contribution in [2.45, 2.75) is 0 Å². The number of aromatic nitrogens is 2. The molecular formula is C26H16Cl2N4O5. The molecule has 0 saturated heterocycles. The number of carbonyl (C=O) groups excluding carboxylic acids is 3. The molecule has 1 heterocycles. The quantitative estimate of drug-likeness (QED) is 0.153. The van der Waals surface area contributed by atoms with Crippen molar-refractivity contribution in [3.8, 4) is 11.5 Å². The van der Waals surface area contributed by atoms with Crippen molar-refractivity contribution in [3.63, 3.8) is 0 Å². The van der Waals surface area contributed by atoms with Crippen LogP contribution in [0, 0.1) is 0 Å². The number of amides is 1. The Kier molecular flexibility index (Phi) is 8.19. The predicted molar refractivity (Wildman–Crippen MR) is 136 cm³/mol. The summed E-state index contributed by atoms with van der Waals surface area (Å²) in [6, 6.07) is 16.6. The highest BCUT2D eigenvalue weighted by molar-refractivity contribution is 6.31.